The standard InChI is InChI=1S/C35H39ClFN5O4S/c1-34(2,3)47(46)41-35(16-15-22-7-8-22,24-6-4-5-23(17-24)20-38)25-9-14-29(37)30(18-25)40-32(44)31-19-28(43)21-42(31)33(45)39-27-12-10-26(36)11-13-27/h4-6,9-14,17-18,22,28,31,41,43H,7-8,15-16,19,21H2,1-3H3,(H,39,45)(H,40,44)/t28-,31+,35?,47+/m0/s1. The summed E-state index contributed by atoms with van der Waals surface area (Å²) in [5.74, 6) is -0.849. The van der Waals surface area contributed by atoms with Crippen molar-refractivity contribution in [1.29, 1.82) is 5.26 Å². The lowest BCUT2D eigenvalue weighted by molar-refractivity contribution is -0.119. The summed E-state index contributed by atoms with van der Waals surface area (Å²) in [6, 6.07) is 18.4. The molecule has 248 valence electrons. The van der Waals surface area contributed by atoms with Crippen LogP contribution in [0.3, 0.4) is 0 Å². The van der Waals surface area contributed by atoms with Crippen molar-refractivity contribution in [2.75, 3.05) is 17.2 Å². The van der Waals surface area contributed by atoms with Gasteiger partial charge in [0.05, 0.1) is 44.7 Å². The lowest BCUT2D eigenvalue weighted by Gasteiger charge is -2.38. The molecule has 4 N–H and O–H groups in total. The normalized spacial score (nSPS) is 19.8. The molecule has 3 amide bonds. The van der Waals surface area contributed by atoms with E-state index < -0.39 is 51.2 Å². The maximum absolute atomic E-state index is 15.5. The summed E-state index contributed by atoms with van der Waals surface area (Å²) in [4.78, 5) is 28.0. The quantitative estimate of drug-likeness (QED) is 0.196. The number of aliphatic hydroxyl groups is 1. The van der Waals surface area contributed by atoms with E-state index in [0.29, 0.717) is 39.7 Å². The predicted octanol–water partition coefficient (Wildman–Crippen LogP) is 6.44. The number of amides is 3. The van der Waals surface area contributed by atoms with Gasteiger partial charge in [-0.1, -0.05) is 42.6 Å². The molecule has 1 saturated heterocycles. The monoisotopic (exact) mass is 679 g/mol. The van der Waals surface area contributed by atoms with Crippen LogP contribution in [0.15, 0.2) is 66.7 Å². The first kappa shape index (κ1) is 34.5. The second-order valence-electron chi connectivity index (χ2n) is 13.2. The first-order chi connectivity index (χ1) is 22.3. The third-order valence-corrected chi connectivity index (χ3v) is 10.5. The Hall–Kier alpha value is -3.82. The zero-order valence-electron chi connectivity index (χ0n) is 26.6. The van der Waals surface area contributed by atoms with Gasteiger partial charge in [0.25, 0.3) is 0 Å². The number of nitrogens with zero attached hydrogens (tertiary/aromatic N) is 2. The van der Waals surface area contributed by atoms with Crippen LogP contribution in [0.2, 0.25) is 5.02 Å². The minimum absolute atomic E-state index is 0.0282. The average molecular weight is 680 g/mol. The second-order valence-corrected chi connectivity index (χ2v) is 15.6. The van der Waals surface area contributed by atoms with Crippen LogP contribution in [0.25, 0.3) is 0 Å². The van der Waals surface area contributed by atoms with E-state index in [9.17, 15) is 24.2 Å². The molecule has 1 unspecified atom stereocenters. The van der Waals surface area contributed by atoms with Crippen LogP contribution < -0.4 is 15.4 Å². The number of carbonyl (C=O) groups is 2. The lowest BCUT2D eigenvalue weighted by atomic mass is 9.79. The summed E-state index contributed by atoms with van der Waals surface area (Å²) in [6.45, 7) is 5.49. The van der Waals surface area contributed by atoms with E-state index in [1.54, 1.807) is 48.5 Å². The Labute approximate surface area is 282 Å². The first-order valence-corrected chi connectivity index (χ1v) is 17.1. The molecular formula is C35H39ClFN5O4S. The fourth-order valence-corrected chi connectivity index (χ4v) is 6.82. The Morgan fingerprint density at radius 3 is 2.43 bits per heavy atom. The molecule has 47 heavy (non-hydrogen) atoms. The SMILES string of the molecule is CC(C)(C)[S@@](=O)NC(CCC1CC1)(c1cccc(C#N)c1)c1ccc(F)c(NC(=O)[C@H]2C[C@H](O)CN2C(=O)Nc2ccc(Cl)cc2)c1. The summed E-state index contributed by atoms with van der Waals surface area (Å²) < 4.78 is 31.9. The van der Waals surface area contributed by atoms with Gasteiger partial charge in [-0.25, -0.2) is 18.1 Å². The Kier molecular flexibility index (Phi) is 10.4. The van der Waals surface area contributed by atoms with Crippen LogP contribution in [0.5, 0.6) is 0 Å². The number of hydrogen-bond donors (Lipinski definition) is 4. The molecule has 0 aromatic heterocycles. The van der Waals surface area contributed by atoms with Crippen LogP contribution >= 0.6 is 11.6 Å². The number of β-amino-alcohol motifs (C(OH)–C–C–N with tert-alkyl or cyclic N) is 1. The first-order valence-electron chi connectivity index (χ1n) is 15.6. The van der Waals surface area contributed by atoms with Gasteiger partial charge in [-0.15, -0.1) is 0 Å². The third-order valence-electron chi connectivity index (χ3n) is 8.59. The van der Waals surface area contributed by atoms with Crippen molar-refractivity contribution in [2.45, 2.75) is 75.3 Å². The molecule has 3 aromatic carbocycles. The fraction of sp³-hybridized carbons (Fsp3) is 0.400. The molecule has 9 nitrogen and oxygen atoms in total. The van der Waals surface area contributed by atoms with E-state index in [4.69, 9.17) is 11.6 Å². The molecule has 5 rings (SSSR count). The number of anilines is 2. The number of benzene rings is 3. The molecule has 0 spiro atoms. The van der Waals surface area contributed by atoms with Crippen molar-refractivity contribution in [3.8, 4) is 6.07 Å². The number of carbonyl (C=O) groups excluding carboxylic acids is 2. The minimum atomic E-state index is -1.57. The molecule has 1 aliphatic heterocycles. The van der Waals surface area contributed by atoms with Gasteiger partial charge in [0.15, 0.2) is 0 Å². The summed E-state index contributed by atoms with van der Waals surface area (Å²) in [7, 11) is -1.57. The highest BCUT2D eigenvalue weighted by Gasteiger charge is 2.42. The molecule has 1 heterocycles. The molecule has 3 aromatic rings. The molecule has 0 bridgehead atoms. The van der Waals surface area contributed by atoms with Gasteiger partial charge in [-0.2, -0.15) is 5.26 Å². The zero-order chi connectivity index (χ0) is 33.9. The largest absolute Gasteiger partial charge is 0.391 e. The Bertz CT molecular complexity index is 1710. The predicted molar refractivity (Wildman–Crippen MR) is 182 cm³/mol. The number of hydrogen-bond acceptors (Lipinski definition) is 5. The molecule has 2 aliphatic rings. The number of likely N-dealkylation sites (tertiary alicyclic amines) is 1. The van der Waals surface area contributed by atoms with Crippen LogP contribution in [-0.2, 0) is 21.3 Å². The maximum Gasteiger partial charge on any atom is 0.322 e. The number of halogens is 2. The number of urea groups is 1. The Morgan fingerprint density at radius 2 is 1.77 bits per heavy atom. The van der Waals surface area contributed by atoms with Crippen LogP contribution in [0, 0.1) is 23.1 Å². The van der Waals surface area contributed by atoms with Crippen molar-refractivity contribution in [3.05, 3.63) is 94.3 Å². The highest BCUT2D eigenvalue weighted by atomic mass is 35.5. The van der Waals surface area contributed by atoms with E-state index >= 15 is 4.39 Å². The highest BCUT2D eigenvalue weighted by molar-refractivity contribution is 7.84. The fourth-order valence-electron chi connectivity index (χ4n) is 5.73. The summed E-state index contributed by atoms with van der Waals surface area (Å²) in [5, 5.41) is 26.0. The van der Waals surface area contributed by atoms with Crippen molar-refractivity contribution >= 4 is 45.9 Å². The molecule has 0 radical (unpaired) electrons. The van der Waals surface area contributed by atoms with E-state index in [2.05, 4.69) is 21.4 Å². The molecule has 12 heteroatoms. The van der Waals surface area contributed by atoms with Crippen molar-refractivity contribution in [1.82, 2.24) is 9.62 Å². The lowest BCUT2D eigenvalue weighted by Crippen LogP contribution is -2.49. The number of aliphatic hydroxyl groups excluding tert-OH is 1. The highest BCUT2D eigenvalue weighted by Crippen LogP contribution is 2.43. The molecular weight excluding hydrogens is 641 g/mol. The summed E-state index contributed by atoms with van der Waals surface area (Å²) in [6.07, 6.45) is 2.53. The second kappa shape index (κ2) is 14.1. The molecule has 1 saturated carbocycles. The minimum Gasteiger partial charge on any atom is -0.391 e. The van der Waals surface area contributed by atoms with Gasteiger partial charge < -0.3 is 20.6 Å². The topological polar surface area (TPSA) is 135 Å². The van der Waals surface area contributed by atoms with Crippen molar-refractivity contribution in [3.63, 3.8) is 0 Å². The van der Waals surface area contributed by atoms with Gasteiger partial charge >= 0.3 is 6.03 Å². The molecule has 4 atom stereocenters. The molecule has 2 fully saturated rings. The van der Waals surface area contributed by atoms with Crippen LogP contribution in [0.4, 0.5) is 20.6 Å². The average Bonchev–Trinajstić information content (AvgIpc) is 3.79. The maximum atomic E-state index is 15.5. The molecule has 1 aliphatic carbocycles. The van der Waals surface area contributed by atoms with E-state index in [1.807, 2.05) is 26.8 Å². The van der Waals surface area contributed by atoms with Crippen LogP contribution in [0.1, 0.15) is 69.6 Å². The Balaban J connectivity index is 1.49. The van der Waals surface area contributed by atoms with E-state index in [-0.39, 0.29) is 18.7 Å². The summed E-state index contributed by atoms with van der Waals surface area (Å²) in [5.41, 5.74) is 0.932. The van der Waals surface area contributed by atoms with E-state index in [0.717, 1.165) is 19.3 Å². The van der Waals surface area contributed by atoms with Gasteiger partial charge in [0.2, 0.25) is 5.91 Å². The van der Waals surface area contributed by atoms with Gasteiger partial charge in [0, 0.05) is 23.7 Å². The van der Waals surface area contributed by atoms with Gasteiger partial charge in [0.1, 0.15) is 11.9 Å². The number of nitrogens with one attached hydrogen (secondary N) is 3. The van der Waals surface area contributed by atoms with Crippen molar-refractivity contribution < 1.29 is 23.3 Å². The van der Waals surface area contributed by atoms with Gasteiger partial charge in [-0.3, -0.25) is 4.79 Å². The summed E-state index contributed by atoms with van der Waals surface area (Å²) >= 11 is 5.94. The Morgan fingerprint density at radius 1 is 1.06 bits per heavy atom. The van der Waals surface area contributed by atoms with Gasteiger partial charge in [-0.05, 0) is 99.2 Å². The van der Waals surface area contributed by atoms with Crippen molar-refractivity contribution in [2.24, 2.45) is 5.92 Å². The number of rotatable bonds is 10. The third kappa shape index (κ3) is 8.19. The van der Waals surface area contributed by atoms with Crippen LogP contribution in [-0.4, -0.2) is 49.6 Å². The smallest absolute Gasteiger partial charge is 0.322 e. The number of nitriles is 1. The zero-order valence-corrected chi connectivity index (χ0v) is 28.1. The van der Waals surface area contributed by atoms with E-state index in [1.165, 1.54) is 17.0 Å².